The van der Waals surface area contributed by atoms with Gasteiger partial charge in [0.2, 0.25) is 5.75 Å². The van der Waals surface area contributed by atoms with Gasteiger partial charge in [-0.05, 0) is 0 Å². The van der Waals surface area contributed by atoms with Gasteiger partial charge >= 0.3 is 0 Å². The van der Waals surface area contributed by atoms with E-state index in [0.29, 0.717) is 5.75 Å². The zero-order valence-corrected chi connectivity index (χ0v) is 12.7. The van der Waals surface area contributed by atoms with Gasteiger partial charge in [-0.25, -0.2) is 0 Å². The molecule has 0 atom stereocenters. The lowest BCUT2D eigenvalue weighted by molar-refractivity contribution is 0.0762. The van der Waals surface area contributed by atoms with Crippen LogP contribution >= 0.6 is 0 Å². The molecule has 8 heteroatoms. The van der Waals surface area contributed by atoms with Crippen molar-refractivity contribution in [2.75, 3.05) is 26.4 Å². The molecule has 0 saturated carbocycles. The standard InChI is InChI=1S/C16H18O8/c17-10-5-11(18)7-12(6-10)23-3-1-22-2-4-24-13-8-14(19)16(21)15(20)9-13/h5-9,17-21H,1-4H2. The van der Waals surface area contributed by atoms with Crippen molar-refractivity contribution in [1.82, 2.24) is 0 Å². The molecule has 2 aromatic carbocycles. The predicted molar refractivity (Wildman–Crippen MR) is 83.0 cm³/mol. The summed E-state index contributed by atoms with van der Waals surface area (Å²) in [6.45, 7) is 0.864. The van der Waals surface area contributed by atoms with E-state index in [0.717, 1.165) is 0 Å². The van der Waals surface area contributed by atoms with Crippen LogP contribution in [-0.2, 0) is 4.74 Å². The third-order valence-electron chi connectivity index (χ3n) is 2.91. The Kier molecular flexibility index (Phi) is 5.80. The van der Waals surface area contributed by atoms with Crippen LogP contribution < -0.4 is 9.47 Å². The monoisotopic (exact) mass is 338 g/mol. The minimum atomic E-state index is -0.603. The fraction of sp³-hybridized carbons (Fsp3) is 0.250. The smallest absolute Gasteiger partial charge is 0.200 e. The molecule has 0 heterocycles. The van der Waals surface area contributed by atoms with Crippen molar-refractivity contribution in [3.8, 4) is 40.2 Å². The highest BCUT2D eigenvalue weighted by Gasteiger charge is 2.08. The molecular formula is C16H18O8. The van der Waals surface area contributed by atoms with Gasteiger partial charge in [0.15, 0.2) is 11.5 Å². The first-order valence-electron chi connectivity index (χ1n) is 7.07. The number of benzene rings is 2. The molecule has 8 nitrogen and oxygen atoms in total. The molecule has 0 unspecified atom stereocenters. The summed E-state index contributed by atoms with van der Waals surface area (Å²) < 4.78 is 15.8. The first-order chi connectivity index (χ1) is 11.5. The normalized spacial score (nSPS) is 10.5. The Morgan fingerprint density at radius 1 is 0.583 bits per heavy atom. The number of aromatic hydroxyl groups is 5. The largest absolute Gasteiger partial charge is 0.508 e. The minimum absolute atomic E-state index is 0.0975. The maximum Gasteiger partial charge on any atom is 0.200 e. The van der Waals surface area contributed by atoms with Crippen LogP contribution in [0.3, 0.4) is 0 Å². The number of hydrogen-bond donors (Lipinski definition) is 5. The second-order valence-electron chi connectivity index (χ2n) is 4.80. The van der Waals surface area contributed by atoms with Gasteiger partial charge in [0.25, 0.3) is 0 Å². The topological polar surface area (TPSA) is 129 Å². The van der Waals surface area contributed by atoms with Crippen LogP contribution in [0.5, 0.6) is 40.2 Å². The van der Waals surface area contributed by atoms with E-state index < -0.39 is 17.2 Å². The lowest BCUT2D eigenvalue weighted by Crippen LogP contribution is -2.12. The van der Waals surface area contributed by atoms with E-state index in [1.54, 1.807) is 0 Å². The van der Waals surface area contributed by atoms with Crippen molar-refractivity contribution in [3.63, 3.8) is 0 Å². The Morgan fingerprint density at radius 2 is 1.04 bits per heavy atom. The fourth-order valence-electron chi connectivity index (χ4n) is 1.85. The molecule has 2 rings (SSSR count). The summed E-state index contributed by atoms with van der Waals surface area (Å²) in [5.41, 5.74) is 0. The number of phenolic OH excluding ortho intramolecular Hbond substituents is 5. The molecule has 0 aliphatic heterocycles. The van der Waals surface area contributed by atoms with Crippen molar-refractivity contribution < 1.29 is 39.7 Å². The summed E-state index contributed by atoms with van der Waals surface area (Å²) in [6.07, 6.45) is 0. The van der Waals surface area contributed by atoms with Gasteiger partial charge in [0.05, 0.1) is 13.2 Å². The molecule has 0 fully saturated rings. The van der Waals surface area contributed by atoms with Crippen molar-refractivity contribution in [2.24, 2.45) is 0 Å². The van der Waals surface area contributed by atoms with Crippen LogP contribution in [0.2, 0.25) is 0 Å². The number of rotatable bonds is 8. The summed E-state index contributed by atoms with van der Waals surface area (Å²) in [5, 5.41) is 46.4. The van der Waals surface area contributed by atoms with E-state index in [1.165, 1.54) is 30.3 Å². The van der Waals surface area contributed by atoms with Crippen LogP contribution in [0.1, 0.15) is 0 Å². The van der Waals surface area contributed by atoms with Gasteiger partial charge in [-0.2, -0.15) is 0 Å². The molecule has 24 heavy (non-hydrogen) atoms. The van der Waals surface area contributed by atoms with E-state index in [9.17, 15) is 25.5 Å². The van der Waals surface area contributed by atoms with Crippen molar-refractivity contribution in [1.29, 1.82) is 0 Å². The second kappa shape index (κ2) is 8.02. The molecule has 0 aliphatic rings. The third kappa shape index (κ3) is 5.03. The van der Waals surface area contributed by atoms with Gasteiger partial charge < -0.3 is 39.7 Å². The maximum absolute atomic E-state index is 9.33. The predicted octanol–water partition coefficient (Wildman–Crippen LogP) is 1.69. The Hall–Kier alpha value is -3.00. The van der Waals surface area contributed by atoms with Crippen LogP contribution in [0, 0.1) is 0 Å². The fourth-order valence-corrected chi connectivity index (χ4v) is 1.85. The highest BCUT2D eigenvalue weighted by Crippen LogP contribution is 2.38. The molecule has 0 aromatic heterocycles. The van der Waals surface area contributed by atoms with Crippen LogP contribution in [-0.4, -0.2) is 52.0 Å². The number of hydrogen-bond acceptors (Lipinski definition) is 8. The Morgan fingerprint density at radius 3 is 1.54 bits per heavy atom. The molecule has 0 spiro atoms. The van der Waals surface area contributed by atoms with E-state index in [2.05, 4.69) is 0 Å². The first kappa shape index (κ1) is 17.4. The first-order valence-corrected chi connectivity index (χ1v) is 7.07. The minimum Gasteiger partial charge on any atom is -0.508 e. The Balaban J connectivity index is 1.63. The van der Waals surface area contributed by atoms with Crippen molar-refractivity contribution >= 4 is 0 Å². The zero-order valence-electron chi connectivity index (χ0n) is 12.7. The summed E-state index contributed by atoms with van der Waals surface area (Å²) >= 11 is 0. The van der Waals surface area contributed by atoms with Gasteiger partial charge in [-0.3, -0.25) is 0 Å². The molecule has 0 radical (unpaired) electrons. The number of ether oxygens (including phenoxy) is 3. The maximum atomic E-state index is 9.33. The lowest BCUT2D eigenvalue weighted by Gasteiger charge is -2.10. The quantitative estimate of drug-likeness (QED) is 0.363. The molecule has 2 aromatic rings. The summed E-state index contributed by atoms with van der Waals surface area (Å²) in [5.74, 6) is -1.24. The summed E-state index contributed by atoms with van der Waals surface area (Å²) in [6, 6.07) is 6.28. The van der Waals surface area contributed by atoms with Crippen LogP contribution in [0.4, 0.5) is 0 Å². The third-order valence-corrected chi connectivity index (χ3v) is 2.91. The molecular weight excluding hydrogens is 320 g/mol. The average Bonchev–Trinajstić information content (AvgIpc) is 2.50. The highest BCUT2D eigenvalue weighted by molar-refractivity contribution is 5.53. The molecule has 0 amide bonds. The van der Waals surface area contributed by atoms with Crippen LogP contribution in [0.15, 0.2) is 30.3 Å². The summed E-state index contributed by atoms with van der Waals surface area (Å²) in [4.78, 5) is 0. The molecule has 5 N–H and O–H groups in total. The summed E-state index contributed by atoms with van der Waals surface area (Å²) in [7, 11) is 0. The average molecular weight is 338 g/mol. The van der Waals surface area contributed by atoms with E-state index >= 15 is 0 Å². The second-order valence-corrected chi connectivity index (χ2v) is 4.80. The van der Waals surface area contributed by atoms with Gasteiger partial charge in [0.1, 0.15) is 36.2 Å². The van der Waals surface area contributed by atoms with E-state index in [4.69, 9.17) is 14.2 Å². The molecule has 0 bridgehead atoms. The lowest BCUT2D eigenvalue weighted by atomic mass is 10.3. The van der Waals surface area contributed by atoms with Gasteiger partial charge in [-0.15, -0.1) is 0 Å². The molecule has 0 saturated heterocycles. The van der Waals surface area contributed by atoms with Crippen molar-refractivity contribution in [2.45, 2.75) is 0 Å². The highest BCUT2D eigenvalue weighted by atomic mass is 16.5. The van der Waals surface area contributed by atoms with E-state index in [1.807, 2.05) is 0 Å². The number of phenols is 5. The van der Waals surface area contributed by atoms with Gasteiger partial charge in [0, 0.05) is 30.3 Å². The SMILES string of the molecule is Oc1cc(O)cc(OCCOCCOc2cc(O)c(O)c(O)c2)c1. The molecule has 0 aliphatic carbocycles. The molecule has 130 valence electrons. The van der Waals surface area contributed by atoms with Crippen LogP contribution in [0.25, 0.3) is 0 Å². The van der Waals surface area contributed by atoms with Crippen molar-refractivity contribution in [3.05, 3.63) is 30.3 Å². The van der Waals surface area contributed by atoms with E-state index in [-0.39, 0.29) is 43.7 Å². The zero-order chi connectivity index (χ0) is 17.5. The Bertz CT molecular complexity index is 643. The Labute approximate surface area is 137 Å². The van der Waals surface area contributed by atoms with Gasteiger partial charge in [-0.1, -0.05) is 0 Å².